The number of amides is 1. The molecule has 2 heterocycles. The fraction of sp³-hybridized carbons (Fsp3) is 0.444. The quantitative estimate of drug-likeness (QED) is 0.883. The van der Waals surface area contributed by atoms with Crippen LogP contribution in [0.4, 0.5) is 4.79 Å². The van der Waals surface area contributed by atoms with Crippen molar-refractivity contribution in [3.63, 3.8) is 0 Å². The maximum absolute atomic E-state index is 12.4. The zero-order valence-electron chi connectivity index (χ0n) is 14.7. The molecule has 0 radical (unpaired) electrons. The summed E-state index contributed by atoms with van der Waals surface area (Å²) in [5, 5.41) is 2.82. The van der Waals surface area contributed by atoms with Gasteiger partial charge in [0.15, 0.2) is 0 Å². The van der Waals surface area contributed by atoms with Crippen LogP contribution in [0.1, 0.15) is 44.0 Å². The first-order valence-corrected chi connectivity index (χ1v) is 8.24. The Bertz CT molecular complexity index is 773. The fourth-order valence-corrected chi connectivity index (χ4v) is 2.78. The van der Waals surface area contributed by atoms with E-state index in [4.69, 9.17) is 4.74 Å². The summed E-state index contributed by atoms with van der Waals surface area (Å²) in [6.07, 6.45) is 3.41. The van der Waals surface area contributed by atoms with Gasteiger partial charge in [0.1, 0.15) is 5.60 Å². The maximum Gasteiger partial charge on any atom is 0.418 e. The van der Waals surface area contributed by atoms with Crippen molar-refractivity contribution < 1.29 is 14.3 Å². The van der Waals surface area contributed by atoms with Crippen LogP contribution in [-0.4, -0.2) is 40.3 Å². The van der Waals surface area contributed by atoms with Crippen LogP contribution < -0.4 is 5.43 Å². The summed E-state index contributed by atoms with van der Waals surface area (Å²) in [5.74, 6) is -0.157. The summed E-state index contributed by atoms with van der Waals surface area (Å²) in [6.45, 7) is 7.23. The lowest BCUT2D eigenvalue weighted by Crippen LogP contribution is -2.39. The minimum Gasteiger partial charge on any atom is -0.443 e. The largest absolute Gasteiger partial charge is 0.443 e. The number of nitrogens with one attached hydrogen (secondary N) is 1. The smallest absolute Gasteiger partial charge is 0.418 e. The average Bonchev–Trinajstić information content (AvgIpc) is 3.13. The van der Waals surface area contributed by atoms with Crippen LogP contribution in [0.25, 0.3) is 10.9 Å². The van der Waals surface area contributed by atoms with E-state index in [-0.39, 0.29) is 18.3 Å². The van der Waals surface area contributed by atoms with E-state index >= 15 is 0 Å². The number of hydrogen-bond donors (Lipinski definition) is 1. The van der Waals surface area contributed by atoms with Gasteiger partial charge in [-0.15, -0.1) is 12.4 Å². The van der Waals surface area contributed by atoms with E-state index in [0.29, 0.717) is 11.1 Å². The van der Waals surface area contributed by atoms with Gasteiger partial charge in [0.05, 0.1) is 5.52 Å². The van der Waals surface area contributed by atoms with E-state index < -0.39 is 11.7 Å². The molecule has 0 spiro atoms. The van der Waals surface area contributed by atoms with E-state index in [1.165, 1.54) is 4.57 Å². The molecule has 1 aliphatic rings. The van der Waals surface area contributed by atoms with Crippen LogP contribution in [0, 0.1) is 0 Å². The molecule has 0 bridgehead atoms. The van der Waals surface area contributed by atoms with Crippen LogP contribution in [0.3, 0.4) is 0 Å². The third-order valence-electron chi connectivity index (χ3n) is 3.91. The Kier molecular flexibility index (Phi) is 5.75. The fourth-order valence-electron chi connectivity index (χ4n) is 2.78. The van der Waals surface area contributed by atoms with E-state index in [1.807, 2.05) is 37.9 Å². The molecule has 0 aliphatic carbocycles. The highest BCUT2D eigenvalue weighted by atomic mass is 35.5. The highest BCUT2D eigenvalue weighted by molar-refractivity contribution is 5.99. The first-order valence-electron chi connectivity index (χ1n) is 8.24. The zero-order valence-corrected chi connectivity index (χ0v) is 15.6. The number of benzene rings is 1. The third kappa shape index (κ3) is 4.52. The van der Waals surface area contributed by atoms with Crippen LogP contribution >= 0.6 is 12.4 Å². The molecule has 1 amide bonds. The minimum atomic E-state index is -0.571. The molecule has 3 rings (SSSR count). The number of hydrogen-bond acceptors (Lipinski definition) is 4. The van der Waals surface area contributed by atoms with Crippen LogP contribution in [0.5, 0.6) is 0 Å². The second-order valence-corrected chi connectivity index (χ2v) is 7.07. The van der Waals surface area contributed by atoms with E-state index in [0.717, 1.165) is 31.3 Å². The molecule has 1 aromatic carbocycles. The monoisotopic (exact) mass is 365 g/mol. The normalized spacial score (nSPS) is 15.0. The molecule has 1 aliphatic heterocycles. The molecule has 6 nitrogen and oxygen atoms in total. The molecule has 1 saturated heterocycles. The topological polar surface area (TPSA) is 63.6 Å². The van der Waals surface area contributed by atoms with Crippen molar-refractivity contribution in [1.82, 2.24) is 15.0 Å². The molecule has 1 fully saturated rings. The summed E-state index contributed by atoms with van der Waals surface area (Å²) in [5.41, 5.74) is 3.53. The summed E-state index contributed by atoms with van der Waals surface area (Å²) in [6, 6.07) is 7.17. The molecule has 0 saturated carbocycles. The van der Waals surface area contributed by atoms with E-state index in [1.54, 1.807) is 18.3 Å². The Balaban J connectivity index is 0.00000225. The standard InChI is InChI=1S/C18H23N3O3.ClH/c1-18(2,3)24-17(23)21-11-8-13-6-7-14(12-15(13)21)16(22)19-20-9-4-5-10-20;/h6-8,11-12H,4-5,9-10H2,1-3H3,(H,19,22);1H. The van der Waals surface area contributed by atoms with E-state index in [2.05, 4.69) is 5.43 Å². The number of ether oxygens (including phenoxy) is 1. The van der Waals surface area contributed by atoms with Gasteiger partial charge in [-0.2, -0.15) is 0 Å². The van der Waals surface area contributed by atoms with Crippen LogP contribution in [-0.2, 0) is 4.74 Å². The summed E-state index contributed by atoms with van der Waals surface area (Å²) in [4.78, 5) is 24.7. The minimum absolute atomic E-state index is 0. The lowest BCUT2D eigenvalue weighted by molar-refractivity contribution is 0.0544. The number of nitrogens with zero attached hydrogens (tertiary/aromatic N) is 2. The predicted octanol–water partition coefficient (Wildman–Crippen LogP) is 3.59. The second-order valence-electron chi connectivity index (χ2n) is 7.07. The molecule has 7 heteroatoms. The molecule has 2 aromatic rings. The van der Waals surface area contributed by atoms with Crippen molar-refractivity contribution in [1.29, 1.82) is 0 Å². The van der Waals surface area contributed by atoms with Crippen LogP contribution in [0.15, 0.2) is 30.5 Å². The van der Waals surface area contributed by atoms with Crippen LogP contribution in [0.2, 0.25) is 0 Å². The number of carbonyl (C=O) groups excluding carboxylic acids is 2. The Morgan fingerprint density at radius 2 is 1.80 bits per heavy atom. The van der Waals surface area contributed by atoms with Gasteiger partial charge in [0.25, 0.3) is 5.91 Å². The summed E-state index contributed by atoms with van der Waals surface area (Å²) >= 11 is 0. The van der Waals surface area contributed by atoms with Crippen molar-refractivity contribution in [3.05, 3.63) is 36.0 Å². The van der Waals surface area contributed by atoms with Crippen molar-refractivity contribution >= 4 is 35.3 Å². The lowest BCUT2D eigenvalue weighted by atomic mass is 10.1. The molecule has 25 heavy (non-hydrogen) atoms. The Morgan fingerprint density at radius 1 is 1.12 bits per heavy atom. The Labute approximate surface area is 153 Å². The number of fused-ring (bicyclic) bond motifs is 1. The highest BCUT2D eigenvalue weighted by Gasteiger charge is 2.20. The molecule has 1 aromatic heterocycles. The van der Waals surface area contributed by atoms with Gasteiger partial charge >= 0.3 is 6.09 Å². The van der Waals surface area contributed by atoms with Gasteiger partial charge in [-0.05, 0) is 51.8 Å². The summed E-state index contributed by atoms with van der Waals surface area (Å²) in [7, 11) is 0. The molecule has 0 unspecified atom stereocenters. The molecule has 1 N–H and O–H groups in total. The molecule has 0 atom stereocenters. The summed E-state index contributed by atoms with van der Waals surface area (Å²) < 4.78 is 6.85. The molecular formula is C18H24ClN3O3. The van der Waals surface area contributed by atoms with E-state index in [9.17, 15) is 9.59 Å². The van der Waals surface area contributed by atoms with Gasteiger partial charge < -0.3 is 4.74 Å². The lowest BCUT2D eigenvalue weighted by Gasteiger charge is -2.20. The first-order chi connectivity index (χ1) is 11.3. The zero-order chi connectivity index (χ0) is 17.3. The third-order valence-corrected chi connectivity index (χ3v) is 3.91. The molecule has 136 valence electrons. The predicted molar refractivity (Wildman–Crippen MR) is 99.1 cm³/mol. The number of aromatic nitrogens is 1. The highest BCUT2D eigenvalue weighted by Crippen LogP contribution is 2.20. The van der Waals surface area contributed by atoms with Gasteiger partial charge in [0.2, 0.25) is 0 Å². The SMILES string of the molecule is CC(C)(C)OC(=O)n1ccc2ccc(C(=O)NN3CCCC3)cc21.Cl. The van der Waals surface area contributed by atoms with Gasteiger partial charge in [-0.3, -0.25) is 14.8 Å². The number of halogens is 1. The number of rotatable bonds is 2. The molecular weight excluding hydrogens is 342 g/mol. The number of carbonyl (C=O) groups is 2. The number of hydrazine groups is 1. The van der Waals surface area contributed by atoms with Crippen molar-refractivity contribution in [3.8, 4) is 0 Å². The Hall–Kier alpha value is -2.05. The van der Waals surface area contributed by atoms with Crippen molar-refractivity contribution in [2.24, 2.45) is 0 Å². The average molecular weight is 366 g/mol. The van der Waals surface area contributed by atoms with Crippen molar-refractivity contribution in [2.75, 3.05) is 13.1 Å². The van der Waals surface area contributed by atoms with Crippen molar-refractivity contribution in [2.45, 2.75) is 39.2 Å². The van der Waals surface area contributed by atoms with Gasteiger partial charge in [-0.25, -0.2) is 9.80 Å². The first kappa shape index (κ1) is 19.3. The Morgan fingerprint density at radius 3 is 2.44 bits per heavy atom. The maximum atomic E-state index is 12.4. The second kappa shape index (κ2) is 7.45. The van der Waals surface area contributed by atoms with Gasteiger partial charge in [0, 0.05) is 30.2 Å². The van der Waals surface area contributed by atoms with Gasteiger partial charge in [-0.1, -0.05) is 6.07 Å².